The topological polar surface area (TPSA) is 237 Å². The molecule has 0 radical (unpaired) electrons. The van der Waals surface area contributed by atoms with Gasteiger partial charge in [-0.15, -0.1) is 0 Å². The van der Waals surface area contributed by atoms with Crippen molar-refractivity contribution >= 4 is 39.5 Å². The molecule has 0 spiro atoms. The molecule has 19 heteroatoms. The number of esters is 4. The van der Waals surface area contributed by atoms with E-state index in [0.29, 0.717) is 25.7 Å². The molecular weight excluding hydrogens is 995 g/mol. The zero-order valence-corrected chi connectivity index (χ0v) is 48.6. The molecule has 0 aliphatic rings. The Kier molecular flexibility index (Phi) is 49.2. The summed E-state index contributed by atoms with van der Waals surface area (Å²) in [6.07, 6.45) is 33.1. The molecule has 0 saturated carbocycles. The van der Waals surface area contributed by atoms with E-state index in [1.165, 1.54) is 103 Å². The minimum Gasteiger partial charge on any atom is -0.462 e. The number of carbonyl (C=O) groups is 4. The Morgan fingerprint density at radius 1 is 0.324 bits per heavy atom. The highest BCUT2D eigenvalue weighted by Gasteiger charge is 2.30. The van der Waals surface area contributed by atoms with Gasteiger partial charge in [-0.1, -0.05) is 220 Å². The smallest absolute Gasteiger partial charge is 0.462 e. The lowest BCUT2D eigenvalue weighted by Crippen LogP contribution is -2.30. The van der Waals surface area contributed by atoms with E-state index in [0.717, 1.165) is 89.9 Å². The molecule has 0 amide bonds. The highest BCUT2D eigenvalue weighted by atomic mass is 31.2. The van der Waals surface area contributed by atoms with Gasteiger partial charge >= 0.3 is 39.5 Å². The van der Waals surface area contributed by atoms with E-state index in [1.54, 1.807) is 0 Å². The van der Waals surface area contributed by atoms with Crippen LogP contribution in [0.4, 0.5) is 0 Å². The molecule has 0 aliphatic heterocycles. The summed E-state index contributed by atoms with van der Waals surface area (Å²) in [5, 5.41) is 10.4. The predicted octanol–water partition coefficient (Wildman–Crippen LogP) is 14.4. The molecule has 0 heterocycles. The first-order valence-corrected chi connectivity index (χ1v) is 32.3. The lowest BCUT2D eigenvalue weighted by atomic mass is 10.0. The van der Waals surface area contributed by atoms with E-state index in [4.69, 9.17) is 37.0 Å². The molecule has 3 N–H and O–H groups in total. The number of carbonyl (C=O) groups excluding carboxylic acids is 4. The van der Waals surface area contributed by atoms with Gasteiger partial charge in [0.2, 0.25) is 0 Å². The van der Waals surface area contributed by atoms with Crippen molar-refractivity contribution in [1.82, 2.24) is 0 Å². The van der Waals surface area contributed by atoms with Gasteiger partial charge in [-0.25, -0.2) is 9.13 Å². The molecule has 0 bridgehead atoms. The van der Waals surface area contributed by atoms with Crippen molar-refractivity contribution in [2.75, 3.05) is 39.6 Å². The van der Waals surface area contributed by atoms with Crippen LogP contribution in [0.1, 0.15) is 272 Å². The summed E-state index contributed by atoms with van der Waals surface area (Å²) in [5.74, 6) is -2.17. The van der Waals surface area contributed by atoms with Crippen LogP contribution < -0.4 is 0 Å². The van der Waals surface area contributed by atoms with Crippen molar-refractivity contribution in [3.8, 4) is 0 Å². The first-order chi connectivity index (χ1) is 35.7. The maximum Gasteiger partial charge on any atom is 0.472 e. The number of aliphatic hydroxyl groups excluding tert-OH is 1. The zero-order valence-electron chi connectivity index (χ0n) is 46.8. The summed E-state index contributed by atoms with van der Waals surface area (Å²) in [6, 6.07) is 0. The third-order valence-corrected chi connectivity index (χ3v) is 14.5. The number of hydrogen-bond donors (Lipinski definition) is 3. The minimum atomic E-state index is -4.92. The minimum absolute atomic E-state index is 0.0967. The largest absolute Gasteiger partial charge is 0.472 e. The van der Waals surface area contributed by atoms with Crippen molar-refractivity contribution in [3.05, 3.63) is 0 Å². The number of hydrogen-bond acceptors (Lipinski definition) is 15. The number of ether oxygens (including phenoxy) is 4. The maximum atomic E-state index is 12.8. The van der Waals surface area contributed by atoms with Crippen molar-refractivity contribution in [3.63, 3.8) is 0 Å². The molecule has 17 nitrogen and oxygen atoms in total. The Morgan fingerprint density at radius 3 is 0.811 bits per heavy atom. The molecule has 0 saturated heterocycles. The van der Waals surface area contributed by atoms with Crippen LogP contribution in [0.15, 0.2) is 0 Å². The van der Waals surface area contributed by atoms with E-state index in [2.05, 4.69) is 20.8 Å². The summed E-state index contributed by atoms with van der Waals surface area (Å²) in [4.78, 5) is 71.1. The second-order valence-electron chi connectivity index (χ2n) is 20.0. The average molecular weight is 1100 g/mol. The molecule has 0 fully saturated rings. The van der Waals surface area contributed by atoms with Crippen molar-refractivity contribution in [1.29, 1.82) is 0 Å². The molecule has 2 unspecified atom stereocenters. The van der Waals surface area contributed by atoms with Gasteiger partial charge in [-0.05, 0) is 25.7 Å². The second-order valence-corrected chi connectivity index (χ2v) is 22.9. The van der Waals surface area contributed by atoms with E-state index >= 15 is 0 Å². The number of phosphoric ester groups is 2. The van der Waals surface area contributed by atoms with Gasteiger partial charge in [0.25, 0.3) is 0 Å². The summed E-state index contributed by atoms with van der Waals surface area (Å²) in [5.41, 5.74) is 0. The Bertz CT molecular complexity index is 1450. The van der Waals surface area contributed by atoms with E-state index in [-0.39, 0.29) is 25.7 Å². The fourth-order valence-corrected chi connectivity index (χ4v) is 9.62. The Hall–Kier alpha value is -1.94. The predicted molar refractivity (Wildman–Crippen MR) is 289 cm³/mol. The lowest BCUT2D eigenvalue weighted by molar-refractivity contribution is -0.161. The van der Waals surface area contributed by atoms with Crippen LogP contribution in [0, 0.1) is 0 Å². The Labute approximate surface area is 447 Å². The van der Waals surface area contributed by atoms with Crippen molar-refractivity contribution in [2.45, 2.75) is 290 Å². The molecule has 0 aromatic rings. The van der Waals surface area contributed by atoms with Crippen LogP contribution >= 0.6 is 15.6 Å². The fraction of sp³-hybridized carbons (Fsp3) is 0.927. The molecule has 5 atom stereocenters. The maximum absolute atomic E-state index is 12.8. The van der Waals surface area contributed by atoms with Gasteiger partial charge in [0, 0.05) is 25.7 Å². The summed E-state index contributed by atoms with van der Waals surface area (Å²) in [7, 11) is -9.84. The van der Waals surface area contributed by atoms with Gasteiger partial charge in [0.15, 0.2) is 12.2 Å². The second kappa shape index (κ2) is 50.6. The SMILES string of the molecule is CCCCCCCCCCCCCCCCCC(=O)OC[C@H](COP(=O)(O)OC[C@H](O)COP(=O)(O)OC[C@@H](COC(=O)CCCCCCC)OC(=O)CCCCCCCCCCCC)OC(=O)CCCCCC. The van der Waals surface area contributed by atoms with E-state index in [1.807, 2.05) is 6.92 Å². The fourth-order valence-electron chi connectivity index (χ4n) is 8.04. The van der Waals surface area contributed by atoms with Gasteiger partial charge in [-0.3, -0.25) is 37.3 Å². The third kappa shape index (κ3) is 49.6. The molecular formula is C55H106O17P2. The molecule has 74 heavy (non-hydrogen) atoms. The van der Waals surface area contributed by atoms with Gasteiger partial charge in [-0.2, -0.15) is 0 Å². The van der Waals surface area contributed by atoms with Crippen LogP contribution in [0.5, 0.6) is 0 Å². The molecule has 438 valence electrons. The third-order valence-electron chi connectivity index (χ3n) is 12.6. The average Bonchev–Trinajstić information content (AvgIpc) is 3.37. The summed E-state index contributed by atoms with van der Waals surface area (Å²) >= 11 is 0. The quantitative estimate of drug-likeness (QED) is 0.0222. The highest BCUT2D eigenvalue weighted by Crippen LogP contribution is 2.45. The van der Waals surface area contributed by atoms with Crippen molar-refractivity contribution in [2.24, 2.45) is 0 Å². The Balaban J connectivity index is 4.98. The van der Waals surface area contributed by atoms with Crippen molar-refractivity contribution < 1.29 is 80.2 Å². The lowest BCUT2D eigenvalue weighted by Gasteiger charge is -2.21. The van der Waals surface area contributed by atoms with Gasteiger partial charge in [0.1, 0.15) is 19.3 Å². The number of phosphoric acid groups is 2. The molecule has 0 aromatic heterocycles. The standard InChI is InChI=1S/C55H106O17P2/c1-5-9-13-17-19-21-23-24-25-26-27-29-30-33-37-40-53(58)66-45-50(71-54(59)41-35-16-12-8-4)47-69-73(61,62)67-43-49(56)44-68-74(63,64)70-48-51(46-65-52(57)39-36-32-15-11-7-3)72-55(60)42-38-34-31-28-22-20-18-14-10-6-2/h49-51,56H,5-48H2,1-4H3,(H,61,62)(H,63,64)/t49-,50+,51+/m0/s1. The van der Waals surface area contributed by atoms with Crippen LogP contribution in [0.3, 0.4) is 0 Å². The van der Waals surface area contributed by atoms with Crippen LogP contribution in [-0.2, 0) is 65.4 Å². The molecule has 0 aromatic carbocycles. The van der Waals surface area contributed by atoms with Crippen LogP contribution in [0.25, 0.3) is 0 Å². The van der Waals surface area contributed by atoms with Crippen LogP contribution in [-0.4, -0.2) is 96.7 Å². The molecule has 0 aliphatic carbocycles. The van der Waals surface area contributed by atoms with E-state index < -0.39 is 97.5 Å². The van der Waals surface area contributed by atoms with Crippen LogP contribution in [0.2, 0.25) is 0 Å². The highest BCUT2D eigenvalue weighted by molar-refractivity contribution is 7.47. The normalized spacial score (nSPS) is 14.4. The van der Waals surface area contributed by atoms with E-state index in [9.17, 15) is 43.2 Å². The summed E-state index contributed by atoms with van der Waals surface area (Å²) < 4.78 is 67.1. The summed E-state index contributed by atoms with van der Waals surface area (Å²) in [6.45, 7) is 4.60. The molecule has 0 rings (SSSR count). The van der Waals surface area contributed by atoms with Gasteiger partial charge in [0.05, 0.1) is 26.4 Å². The monoisotopic (exact) mass is 1100 g/mol. The Morgan fingerprint density at radius 2 is 0.541 bits per heavy atom. The van der Waals surface area contributed by atoms with Gasteiger partial charge < -0.3 is 33.8 Å². The number of rotatable bonds is 56. The first kappa shape index (κ1) is 72.1. The first-order valence-electron chi connectivity index (χ1n) is 29.3. The number of aliphatic hydroxyl groups is 1. The zero-order chi connectivity index (χ0) is 54.8. The number of unbranched alkanes of at least 4 members (excludes halogenated alkanes) is 30.